The fourth-order valence-corrected chi connectivity index (χ4v) is 3.99. The number of aromatic nitrogens is 2. The fourth-order valence-electron chi connectivity index (χ4n) is 3.51. The van der Waals surface area contributed by atoms with Crippen LogP contribution in [0.2, 0.25) is 0 Å². The Morgan fingerprint density at radius 1 is 1.06 bits per heavy atom. The molecule has 0 spiro atoms. The van der Waals surface area contributed by atoms with Gasteiger partial charge >= 0.3 is 0 Å². The molecule has 0 saturated heterocycles. The van der Waals surface area contributed by atoms with Crippen LogP contribution in [0.5, 0.6) is 11.5 Å². The van der Waals surface area contributed by atoms with Crippen molar-refractivity contribution in [1.29, 1.82) is 4.78 Å². The van der Waals surface area contributed by atoms with E-state index in [9.17, 15) is 9.32 Å². The number of ether oxygens (including phenoxy) is 1. The van der Waals surface area contributed by atoms with Crippen molar-refractivity contribution in [3.05, 3.63) is 84.6 Å². The normalized spacial score (nSPS) is 11.6. The molecule has 0 radical (unpaired) electrons. The van der Waals surface area contributed by atoms with E-state index in [-0.39, 0.29) is 5.75 Å². The number of thiol groups is 1. The molecule has 8 nitrogen and oxygen atoms in total. The van der Waals surface area contributed by atoms with Gasteiger partial charge in [-0.3, -0.25) is 4.78 Å². The number of phenolic OH excluding ortho intramolecular Hbond substituents is 1. The monoisotopic (exact) mass is 489 g/mol. The Balaban J connectivity index is 1.59. The van der Waals surface area contributed by atoms with Crippen LogP contribution < -0.4 is 15.4 Å². The molecular weight excluding hydrogens is 462 g/mol. The molecule has 1 heterocycles. The lowest BCUT2D eigenvalue weighted by atomic mass is 10.1. The molecule has 35 heavy (non-hydrogen) atoms. The van der Waals surface area contributed by atoms with Crippen LogP contribution in [0.25, 0.3) is 11.1 Å². The van der Waals surface area contributed by atoms with Gasteiger partial charge in [-0.15, -0.1) is 0 Å². The topological polar surface area (TPSA) is 120 Å². The highest BCUT2D eigenvalue weighted by atomic mass is 32.2. The molecule has 3 aromatic carbocycles. The van der Waals surface area contributed by atoms with Crippen molar-refractivity contribution in [2.75, 3.05) is 23.8 Å². The third-order valence-corrected chi connectivity index (χ3v) is 5.99. The average molecular weight is 490 g/mol. The maximum atomic E-state index is 11.5. The number of aromatic hydroxyl groups is 1. The summed E-state index contributed by atoms with van der Waals surface area (Å²) < 4.78 is 24.6. The van der Waals surface area contributed by atoms with Gasteiger partial charge in [0.1, 0.15) is 17.3 Å². The van der Waals surface area contributed by atoms with E-state index in [0.29, 0.717) is 35.5 Å². The Kier molecular flexibility index (Phi) is 7.79. The summed E-state index contributed by atoms with van der Waals surface area (Å²) in [5.74, 6) is 2.08. The van der Waals surface area contributed by atoms with Crippen LogP contribution in [0.4, 0.5) is 17.5 Å². The largest absolute Gasteiger partial charge is 0.508 e. The van der Waals surface area contributed by atoms with Crippen molar-refractivity contribution in [3.8, 4) is 22.6 Å². The first-order chi connectivity index (χ1) is 17.0. The Labute approximate surface area is 206 Å². The minimum absolute atomic E-state index is 0.241. The summed E-state index contributed by atoms with van der Waals surface area (Å²) in [6, 6.07) is 21.8. The molecule has 0 aliphatic rings. The van der Waals surface area contributed by atoms with Gasteiger partial charge in [0, 0.05) is 28.9 Å². The van der Waals surface area contributed by atoms with Crippen molar-refractivity contribution in [3.63, 3.8) is 0 Å². The smallest absolute Gasteiger partial charge is 0.229 e. The second kappa shape index (κ2) is 11.3. The quantitative estimate of drug-likeness (QED) is 0.193. The lowest BCUT2D eigenvalue weighted by Crippen LogP contribution is -2.09. The molecule has 9 heteroatoms. The van der Waals surface area contributed by atoms with Gasteiger partial charge in [0.25, 0.3) is 0 Å². The third-order valence-electron chi connectivity index (χ3n) is 5.24. The van der Waals surface area contributed by atoms with Gasteiger partial charge in [0.15, 0.2) is 0 Å². The van der Waals surface area contributed by atoms with Gasteiger partial charge in [-0.05, 0) is 66.9 Å². The van der Waals surface area contributed by atoms with E-state index in [1.54, 1.807) is 36.5 Å². The first kappa shape index (κ1) is 24.0. The average Bonchev–Trinajstić information content (AvgIpc) is 2.86. The predicted octanol–water partition coefficient (Wildman–Crippen LogP) is 5.25. The van der Waals surface area contributed by atoms with Crippen molar-refractivity contribution in [2.24, 2.45) is 0 Å². The summed E-state index contributed by atoms with van der Waals surface area (Å²) >= 11 is 0. The number of phenols is 1. The van der Waals surface area contributed by atoms with Gasteiger partial charge in [-0.25, -0.2) is 9.19 Å². The summed E-state index contributed by atoms with van der Waals surface area (Å²) in [6.07, 6.45) is 2.50. The van der Waals surface area contributed by atoms with Gasteiger partial charge in [0.05, 0.1) is 17.2 Å². The summed E-state index contributed by atoms with van der Waals surface area (Å²) in [5.41, 5.74) is 3.53. The molecule has 180 valence electrons. The Morgan fingerprint density at radius 3 is 2.54 bits per heavy atom. The van der Waals surface area contributed by atoms with Crippen LogP contribution in [0, 0.1) is 4.78 Å². The maximum absolute atomic E-state index is 11.5. The lowest BCUT2D eigenvalue weighted by Gasteiger charge is -2.14. The number of nitrogens with zero attached hydrogens (tertiary/aromatic N) is 2. The molecule has 1 atom stereocenters. The van der Waals surface area contributed by atoms with Crippen molar-refractivity contribution >= 4 is 28.0 Å². The lowest BCUT2D eigenvalue weighted by molar-refractivity contribution is 0.340. The number of hydrogen-bond acceptors (Lipinski definition) is 8. The zero-order valence-corrected chi connectivity index (χ0v) is 20.1. The summed E-state index contributed by atoms with van der Waals surface area (Å²) in [4.78, 5) is 9.61. The van der Waals surface area contributed by atoms with E-state index in [4.69, 9.17) is 14.5 Å². The van der Waals surface area contributed by atoms with Gasteiger partial charge in [0.2, 0.25) is 5.95 Å². The SMILES string of the molecule is CCOc1ccc(-c2cnc(Nc3cccc([SH](=N)=O)c3)nc2NCCc2ccc(O)cc2)cc1. The molecule has 4 aromatic rings. The van der Waals surface area contributed by atoms with Gasteiger partial charge in [-0.2, -0.15) is 4.98 Å². The molecule has 0 saturated carbocycles. The van der Waals surface area contributed by atoms with Crippen LogP contribution in [0.15, 0.2) is 83.9 Å². The Bertz CT molecular complexity index is 1350. The van der Waals surface area contributed by atoms with Crippen molar-refractivity contribution in [2.45, 2.75) is 18.2 Å². The van der Waals surface area contributed by atoms with E-state index < -0.39 is 10.6 Å². The predicted molar refractivity (Wildman–Crippen MR) is 139 cm³/mol. The second-order valence-electron chi connectivity index (χ2n) is 7.73. The molecule has 4 N–H and O–H groups in total. The van der Waals surface area contributed by atoms with E-state index in [1.165, 1.54) is 0 Å². The fraction of sp³-hybridized carbons (Fsp3) is 0.154. The minimum Gasteiger partial charge on any atom is -0.508 e. The summed E-state index contributed by atoms with van der Waals surface area (Å²) in [6.45, 7) is 3.17. The van der Waals surface area contributed by atoms with Crippen molar-refractivity contribution in [1.82, 2.24) is 9.97 Å². The van der Waals surface area contributed by atoms with E-state index in [0.717, 1.165) is 28.9 Å². The standard InChI is InChI=1S/C26H27N5O3S/c1-2-34-22-12-8-19(9-13-22)24-17-29-26(30-20-4-3-5-23(16-20)35(27)33)31-25(24)28-15-14-18-6-10-21(32)11-7-18/h3-13,16-17,27,32,35H,2,14-15H2,1H3,(H2,28,29,30,31). The van der Waals surface area contributed by atoms with E-state index in [1.807, 2.05) is 49.4 Å². The summed E-state index contributed by atoms with van der Waals surface area (Å²) in [7, 11) is -2.19. The molecule has 0 aliphatic heterocycles. The Morgan fingerprint density at radius 2 is 1.83 bits per heavy atom. The zero-order chi connectivity index (χ0) is 24.6. The van der Waals surface area contributed by atoms with Gasteiger partial charge in [-0.1, -0.05) is 30.3 Å². The second-order valence-corrected chi connectivity index (χ2v) is 8.83. The van der Waals surface area contributed by atoms with Crippen LogP contribution in [-0.2, 0) is 17.0 Å². The van der Waals surface area contributed by atoms with Gasteiger partial charge < -0.3 is 20.5 Å². The molecule has 0 bridgehead atoms. The highest BCUT2D eigenvalue weighted by Gasteiger charge is 2.11. The molecule has 1 unspecified atom stereocenters. The number of hydrogen-bond donors (Lipinski definition) is 5. The number of benzene rings is 3. The number of nitrogens with one attached hydrogen (secondary N) is 3. The van der Waals surface area contributed by atoms with E-state index >= 15 is 0 Å². The zero-order valence-electron chi connectivity index (χ0n) is 19.2. The van der Waals surface area contributed by atoms with Crippen LogP contribution in [0.1, 0.15) is 12.5 Å². The molecule has 4 rings (SSSR count). The minimum atomic E-state index is -2.19. The van der Waals surface area contributed by atoms with Crippen molar-refractivity contribution < 1.29 is 14.1 Å². The number of rotatable bonds is 10. The first-order valence-electron chi connectivity index (χ1n) is 11.2. The van der Waals surface area contributed by atoms with Crippen LogP contribution in [-0.4, -0.2) is 32.4 Å². The van der Waals surface area contributed by atoms with E-state index in [2.05, 4.69) is 15.6 Å². The number of anilines is 3. The molecule has 0 amide bonds. The molecule has 0 fully saturated rings. The van der Waals surface area contributed by atoms with Crippen LogP contribution in [0.3, 0.4) is 0 Å². The highest BCUT2D eigenvalue weighted by molar-refractivity contribution is 7.73. The maximum Gasteiger partial charge on any atom is 0.229 e. The molecule has 0 aliphatic carbocycles. The summed E-state index contributed by atoms with van der Waals surface area (Å²) in [5, 5.41) is 16.0. The first-order valence-corrected chi connectivity index (χ1v) is 12.5. The third kappa shape index (κ3) is 6.48. The Hall–Kier alpha value is -4.11. The molecular formula is C26H27N5O3S. The molecule has 1 aromatic heterocycles. The van der Waals surface area contributed by atoms with Crippen LogP contribution >= 0.6 is 0 Å². The highest BCUT2D eigenvalue weighted by Crippen LogP contribution is 2.29.